The maximum absolute atomic E-state index is 10.4. The van der Waals surface area contributed by atoms with E-state index in [1.165, 1.54) is 0 Å². The van der Waals surface area contributed by atoms with Crippen molar-refractivity contribution < 1.29 is 9.59 Å². The third-order valence-electron chi connectivity index (χ3n) is 1.03. The Morgan fingerprint density at radius 2 is 2.00 bits per heavy atom. The molecule has 70 valence electrons. The number of thiol groups is 1. The molecule has 0 aliphatic heterocycles. The Bertz CT molecular complexity index is 139. The maximum atomic E-state index is 10.4. The highest BCUT2D eigenvalue weighted by Gasteiger charge is 1.94. The van der Waals surface area contributed by atoms with E-state index < -0.39 is 0 Å². The van der Waals surface area contributed by atoms with Gasteiger partial charge in [-0.3, -0.25) is 4.79 Å². The molecular formula is C7H12O2S3. The van der Waals surface area contributed by atoms with Crippen LogP contribution in [-0.2, 0) is 9.59 Å². The fraction of sp³-hybridized carbons (Fsp3) is 0.714. The smallest absolute Gasteiger partial charge is 0.186 e. The van der Waals surface area contributed by atoms with E-state index in [4.69, 9.17) is 0 Å². The summed E-state index contributed by atoms with van der Waals surface area (Å²) in [4.78, 5) is 20.3. The van der Waals surface area contributed by atoms with Gasteiger partial charge in [-0.05, 0) is 6.42 Å². The normalized spacial score (nSPS) is 9.75. The molecule has 0 amide bonds. The molecule has 0 bridgehead atoms. The highest BCUT2D eigenvalue weighted by molar-refractivity contribution is 8.76. The molecule has 0 aromatic rings. The zero-order chi connectivity index (χ0) is 9.23. The summed E-state index contributed by atoms with van der Waals surface area (Å²) in [7, 11) is 3.37. The zero-order valence-electron chi connectivity index (χ0n) is 6.69. The van der Waals surface area contributed by atoms with Gasteiger partial charge in [0, 0.05) is 24.3 Å². The molecule has 12 heavy (non-hydrogen) atoms. The van der Waals surface area contributed by atoms with Crippen molar-refractivity contribution in [2.75, 3.05) is 11.5 Å². The minimum absolute atomic E-state index is 0.0593. The molecule has 0 fully saturated rings. The lowest BCUT2D eigenvalue weighted by atomic mass is 10.4. The van der Waals surface area contributed by atoms with Crippen molar-refractivity contribution in [3.05, 3.63) is 0 Å². The molecule has 0 unspecified atom stereocenters. The van der Waals surface area contributed by atoms with Crippen LogP contribution >= 0.6 is 34.2 Å². The van der Waals surface area contributed by atoms with Gasteiger partial charge < -0.3 is 4.79 Å². The van der Waals surface area contributed by atoms with E-state index >= 15 is 0 Å². The highest BCUT2D eigenvalue weighted by Crippen LogP contribution is 2.23. The summed E-state index contributed by atoms with van der Waals surface area (Å²) in [5.41, 5.74) is 0. The van der Waals surface area contributed by atoms with Gasteiger partial charge >= 0.3 is 0 Å². The third-order valence-corrected chi connectivity index (χ3v) is 3.75. The third kappa shape index (κ3) is 10.4. The lowest BCUT2D eigenvalue weighted by molar-refractivity contribution is -0.110. The van der Waals surface area contributed by atoms with Crippen LogP contribution in [0, 0.1) is 0 Å². The monoisotopic (exact) mass is 224 g/mol. The molecule has 0 radical (unpaired) electrons. The van der Waals surface area contributed by atoms with Gasteiger partial charge in [-0.2, -0.15) is 0 Å². The van der Waals surface area contributed by atoms with Crippen LogP contribution in [0.1, 0.15) is 19.3 Å². The average molecular weight is 224 g/mol. The molecule has 0 rings (SSSR count). The number of unbranched alkanes of at least 4 members (excludes halogenated alkanes) is 1. The van der Waals surface area contributed by atoms with E-state index in [1.54, 1.807) is 21.6 Å². The summed E-state index contributed by atoms with van der Waals surface area (Å²) in [5.74, 6) is 1.79. The first-order valence-corrected chi connectivity index (χ1v) is 6.60. The first-order chi connectivity index (χ1) is 5.77. The highest BCUT2D eigenvalue weighted by atomic mass is 33.1. The van der Waals surface area contributed by atoms with E-state index in [1.807, 2.05) is 0 Å². The molecule has 0 aliphatic carbocycles. The van der Waals surface area contributed by atoms with Crippen LogP contribution in [0.25, 0.3) is 0 Å². The van der Waals surface area contributed by atoms with Gasteiger partial charge in [0.05, 0.1) is 0 Å². The lowest BCUT2D eigenvalue weighted by Crippen LogP contribution is -1.87. The largest absolute Gasteiger partial charge is 0.303 e. The van der Waals surface area contributed by atoms with Crippen molar-refractivity contribution in [1.29, 1.82) is 0 Å². The summed E-state index contributed by atoms with van der Waals surface area (Å²) in [6.45, 7) is 0. The number of aldehydes is 1. The predicted octanol–water partition coefficient (Wildman–Crippen LogP) is 2.19. The summed E-state index contributed by atoms with van der Waals surface area (Å²) in [6.07, 6.45) is 3.02. The van der Waals surface area contributed by atoms with Crippen molar-refractivity contribution in [1.82, 2.24) is 0 Å². The average Bonchev–Trinajstić information content (AvgIpc) is 2.02. The van der Waals surface area contributed by atoms with Gasteiger partial charge in [0.2, 0.25) is 0 Å². The molecule has 0 saturated heterocycles. The fourth-order valence-electron chi connectivity index (χ4n) is 0.472. The number of carbonyl (C=O) groups is 2. The van der Waals surface area contributed by atoms with Crippen molar-refractivity contribution >= 4 is 45.6 Å². The molecule has 0 spiro atoms. The number of carbonyl (C=O) groups excluding carboxylic acids is 2. The summed E-state index contributed by atoms with van der Waals surface area (Å²) in [6, 6.07) is 0. The molecule has 0 aliphatic rings. The Morgan fingerprint density at radius 1 is 1.33 bits per heavy atom. The quantitative estimate of drug-likeness (QED) is 0.297. The van der Waals surface area contributed by atoms with Gasteiger partial charge in [-0.25, -0.2) is 0 Å². The standard InChI is InChI=1S/C7H12O2S3/c8-4-1-2-5-11-12-6-3-7(9)10/h4H,1-3,5-6H2,(H,9,10). The molecule has 0 aromatic carbocycles. The van der Waals surface area contributed by atoms with E-state index in [-0.39, 0.29) is 5.12 Å². The Morgan fingerprint density at radius 3 is 2.58 bits per heavy atom. The Kier molecular flexibility index (Phi) is 9.79. The van der Waals surface area contributed by atoms with Crippen LogP contribution in [0.3, 0.4) is 0 Å². The minimum atomic E-state index is -0.0593. The fourth-order valence-corrected chi connectivity index (χ4v) is 2.84. The predicted molar refractivity (Wildman–Crippen MR) is 58.8 cm³/mol. The van der Waals surface area contributed by atoms with Crippen molar-refractivity contribution in [2.45, 2.75) is 19.3 Å². The molecule has 0 N–H and O–H groups in total. The van der Waals surface area contributed by atoms with Crippen molar-refractivity contribution in [3.8, 4) is 0 Å². The first kappa shape index (κ1) is 12.4. The van der Waals surface area contributed by atoms with Crippen LogP contribution in [0.5, 0.6) is 0 Å². The number of rotatable bonds is 8. The van der Waals surface area contributed by atoms with Crippen molar-refractivity contribution in [2.24, 2.45) is 0 Å². The molecule has 0 heterocycles. The minimum Gasteiger partial charge on any atom is -0.303 e. The van der Waals surface area contributed by atoms with E-state index in [0.717, 1.165) is 24.2 Å². The van der Waals surface area contributed by atoms with E-state index in [2.05, 4.69) is 12.6 Å². The van der Waals surface area contributed by atoms with E-state index in [0.29, 0.717) is 12.8 Å². The number of hydrogen-bond acceptors (Lipinski definition) is 4. The zero-order valence-corrected chi connectivity index (χ0v) is 9.22. The van der Waals surface area contributed by atoms with Crippen LogP contribution in [0.4, 0.5) is 0 Å². The summed E-state index contributed by atoms with van der Waals surface area (Å²) < 4.78 is 0. The SMILES string of the molecule is O=CCCCSSCCC(=O)S. The maximum Gasteiger partial charge on any atom is 0.186 e. The van der Waals surface area contributed by atoms with Gasteiger partial charge in [0.1, 0.15) is 6.29 Å². The summed E-state index contributed by atoms with van der Waals surface area (Å²) in [5, 5.41) is -0.0593. The molecule has 0 aromatic heterocycles. The second-order valence-corrected chi connectivity index (χ2v) is 5.30. The van der Waals surface area contributed by atoms with Gasteiger partial charge in [0.15, 0.2) is 5.12 Å². The molecule has 0 saturated carbocycles. The summed E-state index contributed by atoms with van der Waals surface area (Å²) >= 11 is 3.65. The van der Waals surface area contributed by atoms with Crippen LogP contribution in [0.2, 0.25) is 0 Å². The molecular weight excluding hydrogens is 212 g/mol. The second kappa shape index (κ2) is 9.48. The van der Waals surface area contributed by atoms with Crippen LogP contribution in [-0.4, -0.2) is 22.9 Å². The van der Waals surface area contributed by atoms with Crippen LogP contribution in [0.15, 0.2) is 0 Å². The number of hydrogen-bond donors (Lipinski definition) is 1. The Balaban J connectivity index is 2.90. The molecule has 2 nitrogen and oxygen atoms in total. The van der Waals surface area contributed by atoms with Crippen LogP contribution < -0.4 is 0 Å². The lowest BCUT2D eigenvalue weighted by Gasteiger charge is -1.96. The molecule has 0 atom stereocenters. The van der Waals surface area contributed by atoms with Gasteiger partial charge in [-0.15, -0.1) is 12.6 Å². The van der Waals surface area contributed by atoms with Crippen molar-refractivity contribution in [3.63, 3.8) is 0 Å². The topological polar surface area (TPSA) is 34.1 Å². The van der Waals surface area contributed by atoms with E-state index in [9.17, 15) is 9.59 Å². The molecule has 5 heteroatoms. The second-order valence-electron chi connectivity index (χ2n) is 2.10. The Labute approximate surface area is 86.1 Å². The first-order valence-electron chi connectivity index (χ1n) is 3.67. The Hall–Kier alpha value is 0.390. The van der Waals surface area contributed by atoms with Gasteiger partial charge in [-0.1, -0.05) is 21.6 Å². The van der Waals surface area contributed by atoms with Gasteiger partial charge in [0.25, 0.3) is 0 Å².